The molecule has 2 nitrogen and oxygen atoms in total. The Morgan fingerprint density at radius 1 is 0.935 bits per heavy atom. The lowest BCUT2D eigenvalue weighted by Crippen LogP contribution is -1.97. The van der Waals surface area contributed by atoms with E-state index in [2.05, 4.69) is 42.5 Å². The Balaban J connectivity index is 1.79. The van der Waals surface area contributed by atoms with Crippen LogP contribution in [0.25, 0.3) is 27.3 Å². The summed E-state index contributed by atoms with van der Waals surface area (Å²) < 4.78 is 42.8. The first kappa shape index (κ1) is 19.6. The van der Waals surface area contributed by atoms with E-state index < -0.39 is 17.5 Å². The standard InChI is InChI=1S/C26H21F3N2/c1-3-15(2)18-8-6-9-20-19-7-4-5-10-23(19)31-14-17(30-26(31)24(18)20)11-16-12-21(27)25(29)22(28)13-16/h4-10,12-15H,3,11H2,1-2H3. The van der Waals surface area contributed by atoms with E-state index in [9.17, 15) is 13.2 Å². The maximum Gasteiger partial charge on any atom is 0.194 e. The topological polar surface area (TPSA) is 17.3 Å². The lowest BCUT2D eigenvalue weighted by Gasteiger charge is -2.15. The molecule has 1 atom stereocenters. The summed E-state index contributed by atoms with van der Waals surface area (Å²) in [5.74, 6) is -3.47. The van der Waals surface area contributed by atoms with Crippen molar-refractivity contribution < 1.29 is 13.2 Å². The molecule has 0 radical (unpaired) electrons. The molecule has 5 rings (SSSR count). The number of imidazole rings is 1. The summed E-state index contributed by atoms with van der Waals surface area (Å²) in [4.78, 5) is 4.87. The summed E-state index contributed by atoms with van der Waals surface area (Å²) in [5, 5.41) is 3.35. The van der Waals surface area contributed by atoms with Crippen LogP contribution in [0.15, 0.2) is 60.8 Å². The van der Waals surface area contributed by atoms with Crippen LogP contribution in [0, 0.1) is 17.5 Å². The predicted molar refractivity (Wildman–Crippen MR) is 118 cm³/mol. The van der Waals surface area contributed by atoms with Crippen LogP contribution in [0.5, 0.6) is 0 Å². The van der Waals surface area contributed by atoms with Crippen LogP contribution in [-0.2, 0) is 6.42 Å². The molecule has 0 spiro atoms. The van der Waals surface area contributed by atoms with E-state index >= 15 is 0 Å². The highest BCUT2D eigenvalue weighted by molar-refractivity contribution is 6.13. The minimum atomic E-state index is -1.45. The Bertz CT molecular complexity index is 1430. The summed E-state index contributed by atoms with van der Waals surface area (Å²) in [6.45, 7) is 4.37. The summed E-state index contributed by atoms with van der Waals surface area (Å²) in [7, 11) is 0. The van der Waals surface area contributed by atoms with Crippen molar-refractivity contribution in [2.75, 3.05) is 0 Å². The molecule has 5 heteroatoms. The Morgan fingerprint density at radius 2 is 1.65 bits per heavy atom. The Morgan fingerprint density at radius 3 is 2.39 bits per heavy atom. The van der Waals surface area contributed by atoms with Gasteiger partial charge < -0.3 is 0 Å². The van der Waals surface area contributed by atoms with Gasteiger partial charge in [0.2, 0.25) is 0 Å². The van der Waals surface area contributed by atoms with Crippen LogP contribution in [0.3, 0.4) is 0 Å². The van der Waals surface area contributed by atoms with E-state index in [1.807, 2.05) is 24.4 Å². The average molecular weight is 418 g/mol. The molecule has 1 unspecified atom stereocenters. The molecule has 3 aromatic carbocycles. The molecule has 0 amide bonds. The summed E-state index contributed by atoms with van der Waals surface area (Å²) in [5.41, 5.74) is 4.08. The fraction of sp³-hybridized carbons (Fsp3) is 0.192. The number of hydrogen-bond donors (Lipinski definition) is 0. The predicted octanol–water partition coefficient (Wildman–Crippen LogP) is 7.16. The first-order chi connectivity index (χ1) is 15.0. The minimum absolute atomic E-state index is 0.205. The Hall–Kier alpha value is -3.34. The second kappa shape index (κ2) is 7.41. The average Bonchev–Trinajstić information content (AvgIpc) is 3.20. The third kappa shape index (κ3) is 3.16. The van der Waals surface area contributed by atoms with Crippen molar-refractivity contribution in [3.63, 3.8) is 0 Å². The van der Waals surface area contributed by atoms with Crippen molar-refractivity contribution in [3.05, 3.63) is 95.1 Å². The van der Waals surface area contributed by atoms with Crippen LogP contribution in [0.1, 0.15) is 43.0 Å². The van der Waals surface area contributed by atoms with Gasteiger partial charge in [-0.1, -0.05) is 50.2 Å². The minimum Gasteiger partial charge on any atom is -0.299 e. The zero-order valence-electron chi connectivity index (χ0n) is 17.3. The quantitative estimate of drug-likeness (QED) is 0.224. The number of halogens is 3. The van der Waals surface area contributed by atoms with Crippen molar-refractivity contribution >= 4 is 27.3 Å². The van der Waals surface area contributed by atoms with Gasteiger partial charge in [0.1, 0.15) is 5.65 Å². The summed E-state index contributed by atoms with van der Waals surface area (Å²) in [6, 6.07) is 16.5. The second-order valence-electron chi connectivity index (χ2n) is 8.07. The molecule has 156 valence electrons. The number of nitrogens with zero attached hydrogens (tertiary/aromatic N) is 2. The Kier molecular flexibility index (Phi) is 4.69. The molecule has 0 fully saturated rings. The van der Waals surface area contributed by atoms with Crippen LogP contribution >= 0.6 is 0 Å². The first-order valence-electron chi connectivity index (χ1n) is 10.4. The van der Waals surface area contributed by atoms with Crippen molar-refractivity contribution in [2.24, 2.45) is 0 Å². The molecule has 31 heavy (non-hydrogen) atoms. The maximum atomic E-state index is 13.7. The van der Waals surface area contributed by atoms with Crippen molar-refractivity contribution in [2.45, 2.75) is 32.6 Å². The lowest BCUT2D eigenvalue weighted by molar-refractivity contribution is 0.445. The molecule has 2 aromatic heterocycles. The van der Waals surface area contributed by atoms with Gasteiger partial charge in [-0.2, -0.15) is 0 Å². The monoisotopic (exact) mass is 418 g/mol. The van der Waals surface area contributed by atoms with Crippen LogP contribution in [0.4, 0.5) is 13.2 Å². The highest BCUT2D eigenvalue weighted by Gasteiger charge is 2.18. The molecule has 0 aliphatic heterocycles. The number of rotatable bonds is 4. The SMILES string of the molecule is CCC(C)c1cccc2c3ccccc3n3cc(Cc4cc(F)c(F)c(F)c4)nc3c12. The molecule has 0 bridgehead atoms. The van der Waals surface area contributed by atoms with Crippen LogP contribution in [-0.4, -0.2) is 9.38 Å². The molecule has 5 aromatic rings. The van der Waals surface area contributed by atoms with Gasteiger partial charge in [0.25, 0.3) is 0 Å². The van der Waals surface area contributed by atoms with E-state index in [1.165, 1.54) is 5.56 Å². The number of para-hydroxylation sites is 1. The number of fused-ring (bicyclic) bond motifs is 6. The number of benzene rings is 3. The van der Waals surface area contributed by atoms with Crippen LogP contribution < -0.4 is 0 Å². The third-order valence-corrected chi connectivity index (χ3v) is 6.10. The smallest absolute Gasteiger partial charge is 0.194 e. The zero-order chi connectivity index (χ0) is 21.7. The molecule has 0 N–H and O–H groups in total. The molecular weight excluding hydrogens is 397 g/mol. The number of aromatic nitrogens is 2. The summed E-state index contributed by atoms with van der Waals surface area (Å²) in [6.07, 6.45) is 3.11. The van der Waals surface area contributed by atoms with Gasteiger partial charge in [-0.3, -0.25) is 4.40 Å². The van der Waals surface area contributed by atoms with Gasteiger partial charge in [-0.15, -0.1) is 0 Å². The van der Waals surface area contributed by atoms with E-state index in [-0.39, 0.29) is 6.42 Å². The van der Waals surface area contributed by atoms with Crippen LogP contribution in [0.2, 0.25) is 0 Å². The van der Waals surface area contributed by atoms with E-state index in [1.54, 1.807) is 0 Å². The van der Waals surface area contributed by atoms with E-state index in [0.717, 1.165) is 45.9 Å². The second-order valence-corrected chi connectivity index (χ2v) is 8.07. The molecule has 0 aliphatic rings. The van der Waals surface area contributed by atoms with Gasteiger partial charge in [-0.25, -0.2) is 18.2 Å². The highest BCUT2D eigenvalue weighted by atomic mass is 19.2. The molecule has 0 saturated carbocycles. The Labute approximate surface area is 178 Å². The van der Waals surface area contributed by atoms with Gasteiger partial charge in [0.05, 0.1) is 11.2 Å². The molecule has 0 saturated heterocycles. The normalized spacial score (nSPS) is 12.8. The molecule has 0 aliphatic carbocycles. The largest absolute Gasteiger partial charge is 0.299 e. The number of hydrogen-bond acceptors (Lipinski definition) is 1. The van der Waals surface area contributed by atoms with Crippen molar-refractivity contribution in [1.82, 2.24) is 9.38 Å². The van der Waals surface area contributed by atoms with Crippen molar-refractivity contribution in [1.29, 1.82) is 0 Å². The fourth-order valence-electron chi connectivity index (χ4n) is 4.38. The van der Waals surface area contributed by atoms with E-state index in [4.69, 9.17) is 4.98 Å². The van der Waals surface area contributed by atoms with Gasteiger partial charge >= 0.3 is 0 Å². The van der Waals surface area contributed by atoms with Gasteiger partial charge in [0, 0.05) is 23.4 Å². The lowest BCUT2D eigenvalue weighted by atomic mass is 9.92. The molecule has 2 heterocycles. The fourth-order valence-corrected chi connectivity index (χ4v) is 4.38. The summed E-state index contributed by atoms with van der Waals surface area (Å²) >= 11 is 0. The van der Waals surface area contributed by atoms with Gasteiger partial charge in [0.15, 0.2) is 17.5 Å². The van der Waals surface area contributed by atoms with Gasteiger partial charge in [-0.05, 0) is 47.1 Å². The first-order valence-corrected chi connectivity index (χ1v) is 10.4. The number of pyridine rings is 1. The molecular formula is C26H21F3N2. The zero-order valence-corrected chi connectivity index (χ0v) is 17.3. The highest BCUT2D eigenvalue weighted by Crippen LogP contribution is 2.35. The van der Waals surface area contributed by atoms with E-state index in [0.29, 0.717) is 17.2 Å². The maximum absolute atomic E-state index is 13.7. The third-order valence-electron chi connectivity index (χ3n) is 6.10. The van der Waals surface area contributed by atoms with Crippen molar-refractivity contribution in [3.8, 4) is 0 Å².